The first-order valence-electron chi connectivity index (χ1n) is 15.3. The van der Waals surface area contributed by atoms with Crippen molar-refractivity contribution in [2.24, 2.45) is 5.73 Å². The van der Waals surface area contributed by atoms with Crippen LogP contribution in [0.15, 0.2) is 24.5 Å². The smallest absolute Gasteiger partial charge is 0.365 e. The molecular weight excluding hydrogens is 653 g/mol. The molecule has 3 fully saturated rings. The van der Waals surface area contributed by atoms with Crippen LogP contribution in [0.5, 0.6) is 0 Å². The van der Waals surface area contributed by atoms with E-state index in [-0.39, 0.29) is 42.9 Å². The van der Waals surface area contributed by atoms with Crippen LogP contribution in [0, 0.1) is 5.82 Å². The molecule has 46 heavy (non-hydrogen) atoms. The highest BCUT2D eigenvalue weighted by Gasteiger charge is 2.32. The summed E-state index contributed by atoms with van der Waals surface area (Å²) in [6.45, 7) is 0.711. The minimum atomic E-state index is -4.67. The second-order valence-electron chi connectivity index (χ2n) is 12.0. The van der Waals surface area contributed by atoms with Gasteiger partial charge < -0.3 is 25.8 Å². The molecule has 3 aromatic rings. The van der Waals surface area contributed by atoms with Gasteiger partial charge in [-0.3, -0.25) is 5.32 Å². The third kappa shape index (κ3) is 8.41. The molecule has 0 bridgehead atoms. The molecule has 0 unspecified atom stereocenters. The Bertz CT molecular complexity index is 1470. The number of amides is 1. The van der Waals surface area contributed by atoms with E-state index < -0.39 is 29.3 Å². The molecule has 2 saturated carbocycles. The third-order valence-corrected chi connectivity index (χ3v) is 8.78. The molecule has 11 nitrogen and oxygen atoms in total. The average molecular weight is 693 g/mol. The molecule has 1 aromatic carbocycles. The maximum atomic E-state index is 14.0. The summed E-state index contributed by atoms with van der Waals surface area (Å²) in [7, 11) is 0. The van der Waals surface area contributed by atoms with E-state index in [0.29, 0.717) is 67.5 Å². The SMILES string of the molecule is Cl.Cl.NC1CCC(Nc2nc(NC3CCN(OC(=O)Nc4cc(C(F)(F)F)ccc4F)CC3)c3ncn(C4CCCC4)c3n2)CC1. The fourth-order valence-corrected chi connectivity index (χ4v) is 6.31. The fraction of sp³-hybridized carbons (Fsp3) is 0.586. The highest BCUT2D eigenvalue weighted by Crippen LogP contribution is 2.34. The second-order valence-corrected chi connectivity index (χ2v) is 12.0. The number of alkyl halides is 3. The zero-order valence-electron chi connectivity index (χ0n) is 25.1. The molecule has 1 saturated heterocycles. The number of hydroxylamine groups is 2. The van der Waals surface area contributed by atoms with Crippen LogP contribution in [0.3, 0.4) is 0 Å². The molecule has 1 amide bonds. The fourth-order valence-electron chi connectivity index (χ4n) is 6.31. The summed E-state index contributed by atoms with van der Waals surface area (Å²) in [5.41, 5.74) is 5.92. The number of piperidine rings is 1. The van der Waals surface area contributed by atoms with Crippen molar-refractivity contribution in [1.29, 1.82) is 0 Å². The van der Waals surface area contributed by atoms with Crippen molar-refractivity contribution in [2.45, 2.75) is 94.6 Å². The van der Waals surface area contributed by atoms with Crippen LogP contribution in [0.1, 0.15) is 75.8 Å². The van der Waals surface area contributed by atoms with Gasteiger partial charge >= 0.3 is 12.3 Å². The van der Waals surface area contributed by atoms with Crippen LogP contribution in [0.25, 0.3) is 11.2 Å². The van der Waals surface area contributed by atoms with E-state index in [4.69, 9.17) is 25.5 Å². The summed E-state index contributed by atoms with van der Waals surface area (Å²) in [6, 6.07) is 2.64. The van der Waals surface area contributed by atoms with Gasteiger partial charge in [-0.25, -0.2) is 14.2 Å². The van der Waals surface area contributed by atoms with Crippen molar-refractivity contribution in [3.05, 3.63) is 35.9 Å². The third-order valence-electron chi connectivity index (χ3n) is 8.78. The Morgan fingerprint density at radius 2 is 1.61 bits per heavy atom. The first kappa shape index (κ1) is 35.7. The average Bonchev–Trinajstić information content (AvgIpc) is 3.66. The van der Waals surface area contributed by atoms with Gasteiger partial charge in [-0.15, -0.1) is 29.9 Å². The summed E-state index contributed by atoms with van der Waals surface area (Å²) >= 11 is 0. The number of rotatable bonds is 7. The van der Waals surface area contributed by atoms with E-state index in [2.05, 4.69) is 20.5 Å². The number of imidazole rings is 1. The number of hydrogen-bond acceptors (Lipinski definition) is 9. The van der Waals surface area contributed by atoms with Crippen molar-refractivity contribution >= 4 is 59.5 Å². The molecule has 2 aliphatic carbocycles. The van der Waals surface area contributed by atoms with E-state index in [9.17, 15) is 22.4 Å². The molecule has 3 aliphatic rings. The van der Waals surface area contributed by atoms with Crippen molar-refractivity contribution in [3.8, 4) is 0 Å². The Hall–Kier alpha value is -3.14. The van der Waals surface area contributed by atoms with Gasteiger partial charge in [0.25, 0.3) is 0 Å². The molecule has 2 aromatic heterocycles. The van der Waals surface area contributed by atoms with Gasteiger partial charge in [0, 0.05) is 37.3 Å². The minimum absolute atomic E-state index is 0. The second kappa shape index (κ2) is 15.2. The van der Waals surface area contributed by atoms with Crippen LogP contribution in [0.2, 0.25) is 0 Å². The number of carbonyl (C=O) groups is 1. The number of fused-ring (bicyclic) bond motifs is 1. The van der Waals surface area contributed by atoms with E-state index in [1.165, 1.54) is 17.9 Å². The zero-order chi connectivity index (χ0) is 30.8. The molecule has 0 spiro atoms. The predicted molar refractivity (Wildman–Crippen MR) is 171 cm³/mol. The lowest BCUT2D eigenvalue weighted by Crippen LogP contribution is -2.41. The van der Waals surface area contributed by atoms with Gasteiger partial charge in [0.1, 0.15) is 5.82 Å². The number of hydrogen-bond donors (Lipinski definition) is 4. The van der Waals surface area contributed by atoms with Crippen LogP contribution in [0.4, 0.5) is 39.8 Å². The predicted octanol–water partition coefficient (Wildman–Crippen LogP) is 6.66. The van der Waals surface area contributed by atoms with Gasteiger partial charge in [-0.1, -0.05) is 12.8 Å². The Balaban J connectivity index is 0.00000240. The first-order valence-corrected chi connectivity index (χ1v) is 15.3. The Kier molecular flexibility index (Phi) is 11.8. The van der Waals surface area contributed by atoms with Crippen molar-refractivity contribution in [3.63, 3.8) is 0 Å². The Morgan fingerprint density at radius 1 is 0.935 bits per heavy atom. The summed E-state index contributed by atoms with van der Waals surface area (Å²) in [4.78, 5) is 32.0. The lowest BCUT2D eigenvalue weighted by atomic mass is 9.92. The van der Waals surface area contributed by atoms with E-state index in [0.717, 1.165) is 44.2 Å². The quantitative estimate of drug-likeness (QED) is 0.201. The number of benzene rings is 1. The number of nitrogens with two attached hydrogens (primary N) is 1. The van der Waals surface area contributed by atoms with Crippen LogP contribution >= 0.6 is 24.8 Å². The number of anilines is 3. The topological polar surface area (TPSA) is 135 Å². The summed E-state index contributed by atoms with van der Waals surface area (Å²) in [5.74, 6) is 0.198. The maximum absolute atomic E-state index is 14.0. The molecule has 3 heterocycles. The molecule has 0 radical (unpaired) electrons. The molecule has 1 aliphatic heterocycles. The van der Waals surface area contributed by atoms with Crippen molar-refractivity contribution in [1.82, 2.24) is 24.6 Å². The number of carbonyl (C=O) groups excluding carboxylic acids is 1. The molecular formula is C29H39Cl2F4N9O2. The van der Waals surface area contributed by atoms with Gasteiger partial charge in [-0.2, -0.15) is 23.1 Å². The van der Waals surface area contributed by atoms with Gasteiger partial charge in [0.2, 0.25) is 5.95 Å². The summed E-state index contributed by atoms with van der Waals surface area (Å²) in [6.07, 6.45) is 5.66. The number of nitrogens with one attached hydrogen (secondary N) is 3. The van der Waals surface area contributed by atoms with Crippen LogP contribution in [-0.4, -0.2) is 61.9 Å². The van der Waals surface area contributed by atoms with Crippen molar-refractivity contribution < 1.29 is 27.2 Å². The lowest BCUT2D eigenvalue weighted by Gasteiger charge is -2.31. The number of halogens is 6. The number of aromatic nitrogens is 4. The Labute approximate surface area is 276 Å². The molecule has 17 heteroatoms. The standard InChI is InChI=1S/C29H37F4N9O2.2ClH/c30-22-10-5-17(29(31,32)33)15-23(22)38-28(43)44-41-13-11-20(12-14-41)36-25-24-26(42(16-35-24)21-3-1-2-4-21)40-27(39-25)37-19-8-6-18(34)7-9-19;;/h5,10,15-16,18-21H,1-4,6-9,11-14,34H2,(H,38,43)(H2,36,37,39,40);2*1H. The first-order chi connectivity index (χ1) is 21.1. The summed E-state index contributed by atoms with van der Waals surface area (Å²) < 4.78 is 55.2. The maximum Gasteiger partial charge on any atom is 0.430 e. The van der Waals surface area contributed by atoms with E-state index in [1.54, 1.807) is 0 Å². The zero-order valence-corrected chi connectivity index (χ0v) is 26.7. The van der Waals surface area contributed by atoms with Gasteiger partial charge in [-0.05, 0) is 69.6 Å². The minimum Gasteiger partial charge on any atom is -0.365 e. The molecule has 254 valence electrons. The molecule has 5 N–H and O–H groups in total. The van der Waals surface area contributed by atoms with E-state index in [1.807, 2.05) is 6.33 Å². The van der Waals surface area contributed by atoms with Crippen LogP contribution in [-0.2, 0) is 11.0 Å². The Morgan fingerprint density at radius 3 is 2.28 bits per heavy atom. The largest absolute Gasteiger partial charge is 0.430 e. The van der Waals surface area contributed by atoms with Crippen LogP contribution < -0.4 is 21.7 Å². The highest BCUT2D eigenvalue weighted by molar-refractivity contribution is 5.86. The lowest BCUT2D eigenvalue weighted by molar-refractivity contribution is -0.137. The normalized spacial score (nSPS) is 21.3. The summed E-state index contributed by atoms with van der Waals surface area (Å²) in [5, 5.41) is 10.5. The highest BCUT2D eigenvalue weighted by atomic mass is 35.5. The van der Waals surface area contributed by atoms with Gasteiger partial charge in [0.05, 0.1) is 17.6 Å². The molecule has 6 rings (SSSR count). The van der Waals surface area contributed by atoms with E-state index >= 15 is 0 Å². The molecule has 0 atom stereocenters. The van der Waals surface area contributed by atoms with Gasteiger partial charge in [0.15, 0.2) is 17.0 Å². The van der Waals surface area contributed by atoms with Crippen molar-refractivity contribution in [2.75, 3.05) is 29.0 Å². The number of nitrogens with zero attached hydrogens (tertiary/aromatic N) is 5. The monoisotopic (exact) mass is 691 g/mol.